The maximum Gasteiger partial charge on any atom is 0.240 e. The average Bonchev–Trinajstić information content (AvgIpc) is 2.21. The topological polar surface area (TPSA) is 58.9 Å². The first-order chi connectivity index (χ1) is 7.11. The summed E-state index contributed by atoms with van der Waals surface area (Å²) in [5.74, 6) is 0. The Hall–Kier alpha value is -2.02. The highest BCUT2D eigenvalue weighted by Crippen LogP contribution is 2.33. The van der Waals surface area contributed by atoms with E-state index in [1.165, 1.54) is 12.2 Å². The van der Waals surface area contributed by atoms with Crippen molar-refractivity contribution in [1.29, 1.82) is 0 Å². The Morgan fingerprint density at radius 1 is 1.00 bits per heavy atom. The van der Waals surface area contributed by atoms with E-state index >= 15 is 0 Å². The third-order valence-electron chi connectivity index (χ3n) is 2.36. The SMILES string of the molecule is Cc1cc(N=C=O)c(C)c(N=C=O)c1C. The van der Waals surface area contributed by atoms with Crippen LogP contribution >= 0.6 is 0 Å². The largest absolute Gasteiger partial charge is 0.240 e. The van der Waals surface area contributed by atoms with Gasteiger partial charge in [-0.25, -0.2) is 9.59 Å². The van der Waals surface area contributed by atoms with E-state index in [4.69, 9.17) is 0 Å². The zero-order valence-corrected chi connectivity index (χ0v) is 8.79. The van der Waals surface area contributed by atoms with E-state index in [9.17, 15) is 9.59 Å². The highest BCUT2D eigenvalue weighted by atomic mass is 16.1. The number of aliphatic imine (C=N–C) groups is 2. The van der Waals surface area contributed by atoms with Crippen molar-refractivity contribution in [2.45, 2.75) is 20.8 Å². The number of nitrogens with zero attached hydrogens (tertiary/aromatic N) is 2. The van der Waals surface area contributed by atoms with Gasteiger partial charge in [0.1, 0.15) is 0 Å². The smallest absolute Gasteiger partial charge is 0.211 e. The number of benzene rings is 1. The fraction of sp³-hybridized carbons (Fsp3) is 0.273. The Kier molecular flexibility index (Phi) is 3.29. The van der Waals surface area contributed by atoms with Gasteiger partial charge in [-0.1, -0.05) is 0 Å². The maximum absolute atomic E-state index is 10.3. The zero-order chi connectivity index (χ0) is 11.4. The first kappa shape index (κ1) is 11.1. The molecule has 0 fully saturated rings. The first-order valence-electron chi connectivity index (χ1n) is 4.38. The van der Waals surface area contributed by atoms with Crippen LogP contribution in [0.25, 0.3) is 0 Å². The van der Waals surface area contributed by atoms with Gasteiger partial charge in [-0.15, -0.1) is 0 Å². The summed E-state index contributed by atoms with van der Waals surface area (Å²) in [7, 11) is 0. The van der Waals surface area contributed by atoms with Crippen LogP contribution in [0, 0.1) is 20.8 Å². The van der Waals surface area contributed by atoms with Crippen molar-refractivity contribution in [3.8, 4) is 0 Å². The standard InChI is InChI=1S/C11H10N2O2/c1-7-4-10(12-5-14)9(3)11(8(7)2)13-6-15/h4H,1-3H3. The lowest BCUT2D eigenvalue weighted by molar-refractivity contribution is 0.565. The van der Waals surface area contributed by atoms with Crippen LogP contribution < -0.4 is 0 Å². The van der Waals surface area contributed by atoms with Crippen molar-refractivity contribution in [1.82, 2.24) is 0 Å². The molecule has 0 aliphatic rings. The molecule has 0 unspecified atom stereocenters. The van der Waals surface area contributed by atoms with Gasteiger partial charge in [-0.05, 0) is 38.0 Å². The molecule has 0 aliphatic heterocycles. The lowest BCUT2D eigenvalue weighted by Crippen LogP contribution is -1.86. The molecule has 1 aromatic rings. The van der Waals surface area contributed by atoms with Crippen LogP contribution in [0.15, 0.2) is 16.1 Å². The molecule has 0 saturated carbocycles. The summed E-state index contributed by atoms with van der Waals surface area (Å²) in [5, 5.41) is 0. The van der Waals surface area contributed by atoms with Crippen LogP contribution in [0.5, 0.6) is 0 Å². The van der Waals surface area contributed by atoms with Crippen LogP contribution in [0.1, 0.15) is 16.7 Å². The molecule has 0 amide bonds. The van der Waals surface area contributed by atoms with Crippen molar-refractivity contribution < 1.29 is 9.59 Å². The fourth-order valence-corrected chi connectivity index (χ4v) is 1.39. The lowest BCUT2D eigenvalue weighted by atomic mass is 10.0. The Morgan fingerprint density at radius 3 is 2.13 bits per heavy atom. The molecule has 0 heterocycles. The number of carbonyl (C=O) groups excluding carboxylic acids is 2. The molecule has 4 nitrogen and oxygen atoms in total. The molecule has 1 aromatic carbocycles. The molecular formula is C11H10N2O2. The van der Waals surface area contributed by atoms with Crippen LogP contribution in [0.3, 0.4) is 0 Å². The Bertz CT molecular complexity index is 494. The van der Waals surface area contributed by atoms with Crippen molar-refractivity contribution in [3.63, 3.8) is 0 Å². The molecule has 0 atom stereocenters. The van der Waals surface area contributed by atoms with Gasteiger partial charge in [-0.3, -0.25) is 0 Å². The lowest BCUT2D eigenvalue weighted by Gasteiger charge is -2.08. The molecule has 0 bridgehead atoms. The molecule has 0 spiro atoms. The Labute approximate surface area is 87.4 Å². The van der Waals surface area contributed by atoms with Crippen molar-refractivity contribution >= 4 is 23.5 Å². The summed E-state index contributed by atoms with van der Waals surface area (Å²) < 4.78 is 0. The summed E-state index contributed by atoms with van der Waals surface area (Å²) in [6, 6.07) is 1.76. The fourth-order valence-electron chi connectivity index (χ4n) is 1.39. The minimum atomic E-state index is 0.488. The number of rotatable bonds is 2. The zero-order valence-electron chi connectivity index (χ0n) is 8.79. The van der Waals surface area contributed by atoms with Gasteiger partial charge in [-0.2, -0.15) is 9.98 Å². The monoisotopic (exact) mass is 202 g/mol. The predicted octanol–water partition coefficient (Wildman–Crippen LogP) is 2.55. The maximum atomic E-state index is 10.3. The van der Waals surface area contributed by atoms with Crippen molar-refractivity contribution in [2.24, 2.45) is 9.98 Å². The van der Waals surface area contributed by atoms with Gasteiger partial charge in [0.25, 0.3) is 0 Å². The van der Waals surface area contributed by atoms with Gasteiger partial charge in [0.05, 0.1) is 11.4 Å². The summed E-state index contributed by atoms with van der Waals surface area (Å²) in [6.45, 7) is 5.47. The van der Waals surface area contributed by atoms with Gasteiger partial charge >= 0.3 is 0 Å². The molecular weight excluding hydrogens is 192 g/mol. The Morgan fingerprint density at radius 2 is 1.60 bits per heavy atom. The second-order valence-corrected chi connectivity index (χ2v) is 3.22. The van der Waals surface area contributed by atoms with Crippen LogP contribution in [0.4, 0.5) is 11.4 Å². The van der Waals surface area contributed by atoms with Crippen LogP contribution in [-0.4, -0.2) is 12.2 Å². The van der Waals surface area contributed by atoms with E-state index in [0.717, 1.165) is 11.1 Å². The van der Waals surface area contributed by atoms with E-state index in [0.29, 0.717) is 16.9 Å². The number of hydrogen-bond donors (Lipinski definition) is 0. The molecule has 0 radical (unpaired) electrons. The average molecular weight is 202 g/mol. The van der Waals surface area contributed by atoms with Gasteiger partial charge in [0, 0.05) is 5.56 Å². The van der Waals surface area contributed by atoms with Crippen molar-refractivity contribution in [3.05, 3.63) is 22.8 Å². The third kappa shape index (κ3) is 2.08. The molecule has 0 N–H and O–H groups in total. The summed E-state index contributed by atoms with van der Waals surface area (Å²) in [6.07, 6.45) is 2.97. The molecule has 4 heteroatoms. The number of hydrogen-bond acceptors (Lipinski definition) is 4. The van der Waals surface area contributed by atoms with Gasteiger partial charge < -0.3 is 0 Å². The van der Waals surface area contributed by atoms with Crippen LogP contribution in [0.2, 0.25) is 0 Å². The molecule has 15 heavy (non-hydrogen) atoms. The summed E-state index contributed by atoms with van der Waals surface area (Å²) in [5.41, 5.74) is 3.51. The normalized spacial score (nSPS) is 9.00. The summed E-state index contributed by atoms with van der Waals surface area (Å²) >= 11 is 0. The quantitative estimate of drug-likeness (QED) is 0.546. The van der Waals surface area contributed by atoms with E-state index in [1.54, 1.807) is 13.0 Å². The van der Waals surface area contributed by atoms with E-state index < -0.39 is 0 Å². The van der Waals surface area contributed by atoms with Gasteiger partial charge in [0.15, 0.2) is 0 Å². The molecule has 0 aromatic heterocycles. The van der Waals surface area contributed by atoms with Gasteiger partial charge in [0.2, 0.25) is 12.2 Å². The van der Waals surface area contributed by atoms with Crippen molar-refractivity contribution in [2.75, 3.05) is 0 Å². The summed E-state index contributed by atoms with van der Waals surface area (Å²) in [4.78, 5) is 27.6. The second kappa shape index (κ2) is 4.47. The molecule has 0 saturated heterocycles. The third-order valence-corrected chi connectivity index (χ3v) is 2.36. The molecule has 1 rings (SSSR count). The van der Waals surface area contributed by atoms with E-state index in [-0.39, 0.29) is 0 Å². The van der Waals surface area contributed by atoms with E-state index in [2.05, 4.69) is 9.98 Å². The first-order valence-corrected chi connectivity index (χ1v) is 4.38. The molecule has 76 valence electrons. The number of aryl methyl sites for hydroxylation is 1. The predicted molar refractivity (Wildman–Crippen MR) is 56.2 cm³/mol. The number of isocyanates is 2. The molecule has 0 aliphatic carbocycles. The van der Waals surface area contributed by atoms with Crippen LogP contribution in [-0.2, 0) is 9.59 Å². The minimum Gasteiger partial charge on any atom is -0.211 e. The highest BCUT2D eigenvalue weighted by molar-refractivity contribution is 5.70. The second-order valence-electron chi connectivity index (χ2n) is 3.22. The highest BCUT2D eigenvalue weighted by Gasteiger charge is 2.09. The van der Waals surface area contributed by atoms with E-state index in [1.807, 2.05) is 13.8 Å². The Balaban J connectivity index is 3.62. The minimum absolute atomic E-state index is 0.488.